The first-order chi connectivity index (χ1) is 7.76. The van der Waals surface area contributed by atoms with Crippen LogP contribution in [0.4, 0.5) is 0 Å². The number of ether oxygens (including phenoxy) is 3. The van der Waals surface area contributed by atoms with Crippen molar-refractivity contribution in [2.75, 3.05) is 20.5 Å². The number of aliphatic hydroxyl groups excluding tert-OH is 1. The summed E-state index contributed by atoms with van der Waals surface area (Å²) in [5.74, 6) is 1.39. The molecule has 0 spiro atoms. The number of aliphatic hydroxyl groups is 1. The zero-order valence-corrected chi connectivity index (χ0v) is 9.10. The van der Waals surface area contributed by atoms with E-state index in [9.17, 15) is 0 Å². The standard InChI is InChI=1S/C11H15NO4/c1-14-11-2-7-5-15-6-16-10(7)3-8(11)9(12)4-13/h2-3,9,13H,4-6,12H2,1H3. The first-order valence-corrected chi connectivity index (χ1v) is 5.04. The highest BCUT2D eigenvalue weighted by Crippen LogP contribution is 2.34. The van der Waals surface area contributed by atoms with E-state index in [1.807, 2.05) is 6.07 Å². The normalized spacial score (nSPS) is 16.2. The third-order valence-corrected chi connectivity index (χ3v) is 2.56. The van der Waals surface area contributed by atoms with E-state index in [1.165, 1.54) is 0 Å². The molecule has 0 saturated carbocycles. The fourth-order valence-corrected chi connectivity index (χ4v) is 1.69. The van der Waals surface area contributed by atoms with Crippen LogP contribution in [0.25, 0.3) is 0 Å². The van der Waals surface area contributed by atoms with Crippen molar-refractivity contribution in [3.05, 3.63) is 23.3 Å². The number of nitrogens with two attached hydrogens (primary N) is 1. The Kier molecular flexibility index (Phi) is 3.28. The van der Waals surface area contributed by atoms with Gasteiger partial charge in [-0.25, -0.2) is 0 Å². The fraction of sp³-hybridized carbons (Fsp3) is 0.455. The molecule has 2 rings (SSSR count). The van der Waals surface area contributed by atoms with Crippen LogP contribution in [0.2, 0.25) is 0 Å². The van der Waals surface area contributed by atoms with Gasteiger partial charge in [0, 0.05) is 11.1 Å². The molecule has 16 heavy (non-hydrogen) atoms. The average Bonchev–Trinajstić information content (AvgIpc) is 2.36. The Morgan fingerprint density at radius 3 is 3.06 bits per heavy atom. The third-order valence-electron chi connectivity index (χ3n) is 2.56. The molecule has 5 heteroatoms. The minimum Gasteiger partial charge on any atom is -0.496 e. The Morgan fingerprint density at radius 1 is 1.56 bits per heavy atom. The summed E-state index contributed by atoms with van der Waals surface area (Å²) in [6, 6.07) is 3.17. The van der Waals surface area contributed by atoms with Crippen molar-refractivity contribution in [2.45, 2.75) is 12.6 Å². The van der Waals surface area contributed by atoms with E-state index in [4.69, 9.17) is 25.1 Å². The molecule has 0 amide bonds. The smallest absolute Gasteiger partial charge is 0.189 e. The first kappa shape index (κ1) is 11.2. The Labute approximate surface area is 93.7 Å². The van der Waals surface area contributed by atoms with Crippen molar-refractivity contribution < 1.29 is 19.3 Å². The summed E-state index contributed by atoms with van der Waals surface area (Å²) in [4.78, 5) is 0. The van der Waals surface area contributed by atoms with Crippen LogP contribution in [0, 0.1) is 0 Å². The summed E-state index contributed by atoms with van der Waals surface area (Å²) in [5.41, 5.74) is 7.46. The molecule has 0 fully saturated rings. The van der Waals surface area contributed by atoms with Crippen LogP contribution in [0.15, 0.2) is 12.1 Å². The lowest BCUT2D eigenvalue weighted by atomic mass is 10.0. The van der Waals surface area contributed by atoms with Gasteiger partial charge in [-0.3, -0.25) is 0 Å². The third kappa shape index (κ3) is 1.97. The zero-order chi connectivity index (χ0) is 11.5. The van der Waals surface area contributed by atoms with Gasteiger partial charge in [0.25, 0.3) is 0 Å². The van der Waals surface area contributed by atoms with Crippen molar-refractivity contribution in [2.24, 2.45) is 5.73 Å². The molecule has 1 aliphatic heterocycles. The van der Waals surface area contributed by atoms with Crippen LogP contribution < -0.4 is 15.2 Å². The second-order valence-corrected chi connectivity index (χ2v) is 3.60. The average molecular weight is 225 g/mol. The highest BCUT2D eigenvalue weighted by molar-refractivity contribution is 5.48. The van der Waals surface area contributed by atoms with E-state index in [1.54, 1.807) is 13.2 Å². The number of fused-ring (bicyclic) bond motifs is 1. The Morgan fingerprint density at radius 2 is 2.38 bits per heavy atom. The molecule has 0 aliphatic carbocycles. The number of methoxy groups -OCH3 is 1. The maximum absolute atomic E-state index is 9.07. The van der Waals surface area contributed by atoms with E-state index in [0.717, 1.165) is 16.9 Å². The molecule has 1 aromatic carbocycles. The summed E-state index contributed by atoms with van der Waals surface area (Å²) in [5, 5.41) is 9.07. The lowest BCUT2D eigenvalue weighted by molar-refractivity contribution is -0.0166. The molecule has 1 heterocycles. The molecule has 0 radical (unpaired) electrons. The van der Waals surface area contributed by atoms with Gasteiger partial charge < -0.3 is 25.1 Å². The van der Waals surface area contributed by atoms with Gasteiger partial charge in [-0.2, -0.15) is 0 Å². The molecule has 0 saturated heterocycles. The van der Waals surface area contributed by atoms with Gasteiger partial charge in [-0.15, -0.1) is 0 Å². The van der Waals surface area contributed by atoms with E-state index < -0.39 is 6.04 Å². The summed E-state index contributed by atoms with van der Waals surface area (Å²) in [6.45, 7) is 0.610. The second kappa shape index (κ2) is 4.69. The van der Waals surface area contributed by atoms with Gasteiger partial charge >= 0.3 is 0 Å². The number of hydrogen-bond acceptors (Lipinski definition) is 5. The fourth-order valence-electron chi connectivity index (χ4n) is 1.69. The molecule has 0 aromatic heterocycles. The molecular weight excluding hydrogens is 210 g/mol. The molecule has 5 nitrogen and oxygen atoms in total. The monoisotopic (exact) mass is 225 g/mol. The zero-order valence-electron chi connectivity index (χ0n) is 9.10. The quantitative estimate of drug-likeness (QED) is 0.786. The lowest BCUT2D eigenvalue weighted by Crippen LogP contribution is -2.18. The van der Waals surface area contributed by atoms with Gasteiger partial charge in [0.05, 0.1) is 26.4 Å². The molecule has 0 bridgehead atoms. The van der Waals surface area contributed by atoms with Gasteiger partial charge in [0.15, 0.2) is 6.79 Å². The van der Waals surface area contributed by atoms with Gasteiger partial charge in [0.1, 0.15) is 11.5 Å². The Balaban J connectivity index is 2.43. The molecule has 1 unspecified atom stereocenters. The van der Waals surface area contributed by atoms with Crippen molar-refractivity contribution in [1.82, 2.24) is 0 Å². The summed E-state index contributed by atoms with van der Waals surface area (Å²) < 4.78 is 15.7. The largest absolute Gasteiger partial charge is 0.496 e. The molecule has 88 valence electrons. The molecule has 1 aromatic rings. The van der Waals surface area contributed by atoms with Crippen LogP contribution in [0.3, 0.4) is 0 Å². The predicted octanol–water partition coefficient (Wildman–Crippen LogP) is 0.554. The molecule has 1 aliphatic rings. The topological polar surface area (TPSA) is 73.9 Å². The first-order valence-electron chi connectivity index (χ1n) is 5.04. The summed E-state index contributed by atoms with van der Waals surface area (Å²) in [7, 11) is 1.57. The van der Waals surface area contributed by atoms with E-state index >= 15 is 0 Å². The Bertz CT molecular complexity index is 380. The highest BCUT2D eigenvalue weighted by atomic mass is 16.7. The minimum absolute atomic E-state index is 0.133. The summed E-state index contributed by atoms with van der Waals surface area (Å²) in [6.07, 6.45) is 0. The van der Waals surface area contributed by atoms with Crippen LogP contribution in [0.5, 0.6) is 11.5 Å². The number of rotatable bonds is 3. The molecule has 3 N–H and O–H groups in total. The highest BCUT2D eigenvalue weighted by Gasteiger charge is 2.18. The van der Waals surface area contributed by atoms with Crippen molar-refractivity contribution in [3.63, 3.8) is 0 Å². The summed E-state index contributed by atoms with van der Waals surface area (Å²) >= 11 is 0. The van der Waals surface area contributed by atoms with Crippen LogP contribution >= 0.6 is 0 Å². The maximum Gasteiger partial charge on any atom is 0.189 e. The van der Waals surface area contributed by atoms with Gasteiger partial charge in [0.2, 0.25) is 0 Å². The SMILES string of the molecule is COc1cc2c(cc1C(N)CO)OCOC2. The lowest BCUT2D eigenvalue weighted by Gasteiger charge is -2.21. The number of hydrogen-bond donors (Lipinski definition) is 2. The molecule has 1 atom stereocenters. The minimum atomic E-state index is -0.466. The van der Waals surface area contributed by atoms with Crippen molar-refractivity contribution >= 4 is 0 Å². The predicted molar refractivity (Wildman–Crippen MR) is 57.3 cm³/mol. The van der Waals surface area contributed by atoms with Crippen LogP contribution in [-0.4, -0.2) is 25.6 Å². The molecular formula is C11H15NO4. The van der Waals surface area contributed by atoms with E-state index in [2.05, 4.69) is 0 Å². The van der Waals surface area contributed by atoms with Crippen LogP contribution in [-0.2, 0) is 11.3 Å². The van der Waals surface area contributed by atoms with Gasteiger partial charge in [-0.1, -0.05) is 0 Å². The Hall–Kier alpha value is -1.30. The van der Waals surface area contributed by atoms with Gasteiger partial charge in [-0.05, 0) is 12.1 Å². The van der Waals surface area contributed by atoms with E-state index in [0.29, 0.717) is 12.4 Å². The van der Waals surface area contributed by atoms with Crippen molar-refractivity contribution in [3.8, 4) is 11.5 Å². The van der Waals surface area contributed by atoms with Crippen molar-refractivity contribution in [1.29, 1.82) is 0 Å². The van der Waals surface area contributed by atoms with E-state index in [-0.39, 0.29) is 13.4 Å². The second-order valence-electron chi connectivity index (χ2n) is 3.60. The number of benzene rings is 1. The van der Waals surface area contributed by atoms with Crippen LogP contribution in [0.1, 0.15) is 17.2 Å². The maximum atomic E-state index is 9.07.